The average molecular weight is 197 g/mol. The molecule has 0 bridgehead atoms. The summed E-state index contributed by atoms with van der Waals surface area (Å²) >= 11 is 0. The third-order valence-electron chi connectivity index (χ3n) is 2.27. The van der Waals surface area contributed by atoms with E-state index in [-0.39, 0.29) is 5.78 Å². The van der Waals surface area contributed by atoms with E-state index in [0.717, 1.165) is 5.56 Å². The number of hydrogen-bond acceptors (Lipinski definition) is 1. The highest BCUT2D eigenvalue weighted by Gasteiger charge is 2.06. The first-order valence-corrected chi connectivity index (χ1v) is 4.85. The van der Waals surface area contributed by atoms with Crippen LogP contribution < -0.4 is 0 Å². The van der Waals surface area contributed by atoms with E-state index in [9.17, 15) is 4.79 Å². The molecule has 0 N–H and O–H groups in total. The van der Waals surface area contributed by atoms with Gasteiger partial charge in [-0.05, 0) is 6.92 Å². The SMILES string of the molecule is [2H]c1cc(C(=O)c2ccccc2)ccc1C. The van der Waals surface area contributed by atoms with Gasteiger partial charge in [-0.1, -0.05) is 60.1 Å². The van der Waals surface area contributed by atoms with Crippen LogP contribution in [0.2, 0.25) is 0 Å². The minimum atomic E-state index is -0.0332. The fraction of sp³-hybridized carbons (Fsp3) is 0.0714. The van der Waals surface area contributed by atoms with Crippen LogP contribution in [0.25, 0.3) is 0 Å². The zero-order valence-electron chi connectivity index (χ0n) is 9.53. The first-order valence-electron chi connectivity index (χ1n) is 5.35. The Morgan fingerprint density at radius 3 is 2.33 bits per heavy atom. The molecule has 0 saturated heterocycles. The molecule has 0 amide bonds. The molecular formula is C14H12O. The van der Waals surface area contributed by atoms with Gasteiger partial charge < -0.3 is 0 Å². The summed E-state index contributed by atoms with van der Waals surface area (Å²) in [5.41, 5.74) is 2.11. The summed E-state index contributed by atoms with van der Waals surface area (Å²) in [6, 6.07) is 14.7. The Labute approximate surface area is 90.8 Å². The van der Waals surface area contributed by atoms with Gasteiger partial charge in [-0.15, -0.1) is 0 Å². The lowest BCUT2D eigenvalue weighted by Gasteiger charge is -2.00. The highest BCUT2D eigenvalue weighted by molar-refractivity contribution is 6.08. The van der Waals surface area contributed by atoms with Gasteiger partial charge in [0.1, 0.15) is 0 Å². The van der Waals surface area contributed by atoms with Crippen LogP contribution in [0.3, 0.4) is 0 Å². The van der Waals surface area contributed by atoms with Crippen LogP contribution in [0.1, 0.15) is 22.9 Å². The first kappa shape index (κ1) is 8.42. The molecule has 0 unspecified atom stereocenters. The summed E-state index contributed by atoms with van der Waals surface area (Å²) in [7, 11) is 0. The molecule has 0 radical (unpaired) electrons. The van der Waals surface area contributed by atoms with E-state index in [0.29, 0.717) is 17.2 Å². The third kappa shape index (κ3) is 2.13. The van der Waals surface area contributed by atoms with E-state index in [1.807, 2.05) is 25.1 Å². The Morgan fingerprint density at radius 1 is 1.00 bits per heavy atom. The van der Waals surface area contributed by atoms with Crippen LogP contribution >= 0.6 is 0 Å². The number of rotatable bonds is 2. The lowest BCUT2D eigenvalue weighted by molar-refractivity contribution is 0.103. The molecule has 0 heterocycles. The molecule has 0 aliphatic rings. The monoisotopic (exact) mass is 197 g/mol. The van der Waals surface area contributed by atoms with Gasteiger partial charge in [0.05, 0.1) is 1.37 Å². The fourth-order valence-electron chi connectivity index (χ4n) is 1.40. The molecule has 74 valence electrons. The van der Waals surface area contributed by atoms with Crippen molar-refractivity contribution in [2.45, 2.75) is 6.92 Å². The number of ketones is 1. The Kier molecular flexibility index (Phi) is 2.30. The summed E-state index contributed by atoms with van der Waals surface area (Å²) < 4.78 is 7.66. The van der Waals surface area contributed by atoms with E-state index in [1.54, 1.807) is 30.3 Å². The highest BCUT2D eigenvalue weighted by Crippen LogP contribution is 2.10. The number of hydrogen-bond donors (Lipinski definition) is 0. The Morgan fingerprint density at radius 2 is 1.67 bits per heavy atom. The fourth-order valence-corrected chi connectivity index (χ4v) is 1.40. The van der Waals surface area contributed by atoms with E-state index < -0.39 is 0 Å². The zero-order valence-corrected chi connectivity index (χ0v) is 8.53. The smallest absolute Gasteiger partial charge is 0.193 e. The number of aryl methyl sites for hydroxylation is 1. The molecule has 2 aromatic rings. The van der Waals surface area contributed by atoms with Crippen LogP contribution in [-0.2, 0) is 0 Å². The second-order valence-electron chi connectivity index (χ2n) is 3.46. The van der Waals surface area contributed by atoms with Crippen LogP contribution in [0.4, 0.5) is 0 Å². The maximum absolute atomic E-state index is 12.0. The van der Waals surface area contributed by atoms with Gasteiger partial charge in [0.15, 0.2) is 5.78 Å². The lowest BCUT2D eigenvalue weighted by Crippen LogP contribution is -2.00. The second-order valence-corrected chi connectivity index (χ2v) is 3.46. The summed E-state index contributed by atoms with van der Waals surface area (Å²) in [5.74, 6) is -0.0332. The molecule has 15 heavy (non-hydrogen) atoms. The van der Waals surface area contributed by atoms with Crippen molar-refractivity contribution in [1.29, 1.82) is 0 Å². The minimum absolute atomic E-state index is 0.0332. The quantitative estimate of drug-likeness (QED) is 0.675. The van der Waals surface area contributed by atoms with Crippen LogP contribution in [-0.4, -0.2) is 5.78 Å². The van der Waals surface area contributed by atoms with Crippen molar-refractivity contribution >= 4 is 5.78 Å². The van der Waals surface area contributed by atoms with Gasteiger partial charge in [0, 0.05) is 11.1 Å². The van der Waals surface area contributed by atoms with Crippen LogP contribution in [0.15, 0.2) is 54.6 Å². The molecule has 1 nitrogen and oxygen atoms in total. The highest BCUT2D eigenvalue weighted by atomic mass is 16.1. The molecule has 0 spiro atoms. The van der Waals surface area contributed by atoms with Gasteiger partial charge in [-0.2, -0.15) is 0 Å². The van der Waals surface area contributed by atoms with Gasteiger partial charge in [-0.3, -0.25) is 4.79 Å². The van der Waals surface area contributed by atoms with Crippen molar-refractivity contribution in [3.8, 4) is 0 Å². The van der Waals surface area contributed by atoms with Crippen molar-refractivity contribution < 1.29 is 6.17 Å². The second kappa shape index (κ2) is 4.09. The third-order valence-corrected chi connectivity index (χ3v) is 2.27. The van der Waals surface area contributed by atoms with E-state index in [1.165, 1.54) is 0 Å². The molecule has 0 aliphatic heterocycles. The molecule has 0 saturated carbocycles. The number of carbonyl (C=O) groups excluding carboxylic acids is 1. The van der Waals surface area contributed by atoms with Crippen molar-refractivity contribution in [2.24, 2.45) is 0 Å². The minimum Gasteiger partial charge on any atom is -0.289 e. The van der Waals surface area contributed by atoms with Gasteiger partial charge in [0.25, 0.3) is 0 Å². The van der Waals surface area contributed by atoms with Crippen molar-refractivity contribution in [2.75, 3.05) is 0 Å². The number of carbonyl (C=O) groups is 1. The van der Waals surface area contributed by atoms with Crippen LogP contribution in [0.5, 0.6) is 0 Å². The Hall–Kier alpha value is -1.89. The summed E-state index contributed by atoms with van der Waals surface area (Å²) in [6.07, 6.45) is 0. The standard InChI is InChI=1S/C14H12O/c1-11-7-9-13(10-8-11)14(15)12-5-3-2-4-6-12/h2-10H,1H3/i7D. The van der Waals surface area contributed by atoms with Crippen LogP contribution in [0, 0.1) is 6.92 Å². The molecule has 2 rings (SSSR count). The largest absolute Gasteiger partial charge is 0.289 e. The van der Waals surface area contributed by atoms with Gasteiger partial charge in [0.2, 0.25) is 0 Å². The molecule has 2 aromatic carbocycles. The summed E-state index contributed by atoms with van der Waals surface area (Å²) in [5, 5.41) is 0. The summed E-state index contributed by atoms with van der Waals surface area (Å²) in [6.45, 7) is 1.86. The lowest BCUT2D eigenvalue weighted by atomic mass is 10.0. The van der Waals surface area contributed by atoms with Crippen molar-refractivity contribution in [1.82, 2.24) is 0 Å². The number of benzene rings is 2. The Bertz CT molecular complexity index is 518. The van der Waals surface area contributed by atoms with Crippen molar-refractivity contribution in [3.05, 3.63) is 71.3 Å². The molecule has 1 heteroatoms. The van der Waals surface area contributed by atoms with E-state index in [2.05, 4.69) is 0 Å². The van der Waals surface area contributed by atoms with E-state index in [4.69, 9.17) is 1.37 Å². The predicted molar refractivity (Wildman–Crippen MR) is 61.1 cm³/mol. The molecule has 0 aliphatic carbocycles. The van der Waals surface area contributed by atoms with Gasteiger partial charge in [-0.25, -0.2) is 0 Å². The zero-order chi connectivity index (χ0) is 11.5. The molecule has 0 aromatic heterocycles. The molecule has 0 fully saturated rings. The average Bonchev–Trinajstić information content (AvgIpc) is 2.33. The van der Waals surface area contributed by atoms with E-state index >= 15 is 0 Å². The maximum atomic E-state index is 12.0. The molecular weight excluding hydrogens is 184 g/mol. The maximum Gasteiger partial charge on any atom is 0.193 e. The first-order chi connectivity index (χ1) is 7.68. The summed E-state index contributed by atoms with van der Waals surface area (Å²) in [4.78, 5) is 12.0. The Balaban J connectivity index is 2.39. The molecule has 0 atom stereocenters. The van der Waals surface area contributed by atoms with Gasteiger partial charge >= 0.3 is 0 Å². The van der Waals surface area contributed by atoms with Crippen molar-refractivity contribution in [3.63, 3.8) is 0 Å². The predicted octanol–water partition coefficient (Wildman–Crippen LogP) is 3.23. The normalized spacial score (nSPS) is 10.9. The topological polar surface area (TPSA) is 17.1 Å².